The van der Waals surface area contributed by atoms with Crippen LogP contribution < -0.4 is 5.46 Å². The number of phenols is 1. The minimum Gasteiger partial charge on any atom is -0.508 e. The molecule has 0 aliphatic heterocycles. The van der Waals surface area contributed by atoms with Gasteiger partial charge < -0.3 is 15.2 Å². The molecule has 3 nitrogen and oxygen atoms in total. The first-order valence-corrected chi connectivity index (χ1v) is 6.34. The number of hydrogen-bond donors (Lipinski definition) is 3. The van der Waals surface area contributed by atoms with Crippen molar-refractivity contribution >= 4 is 23.4 Å². The summed E-state index contributed by atoms with van der Waals surface area (Å²) in [6, 6.07) is 18.7. The van der Waals surface area contributed by atoms with E-state index in [2.05, 4.69) is 0 Å². The van der Waals surface area contributed by atoms with Crippen molar-refractivity contribution in [3.05, 3.63) is 60.7 Å². The molecule has 0 unspecified atom stereocenters. The second-order valence-electron chi connectivity index (χ2n) is 4.65. The molecule has 0 heterocycles. The Balaban J connectivity index is 2.39. The Labute approximate surface area is 116 Å². The molecule has 0 spiro atoms. The van der Waals surface area contributed by atoms with Crippen molar-refractivity contribution in [3.63, 3.8) is 0 Å². The molecule has 3 N–H and O–H groups in total. The highest BCUT2D eigenvalue weighted by atomic mass is 16.4. The number of benzene rings is 3. The van der Waals surface area contributed by atoms with Crippen molar-refractivity contribution in [2.45, 2.75) is 0 Å². The SMILES string of the molecule is OB(O)c1cc(-c2ccccc2)c2ccccc2c1O. The number of hydrogen-bond acceptors (Lipinski definition) is 3. The maximum atomic E-state index is 10.2. The number of rotatable bonds is 2. The van der Waals surface area contributed by atoms with Crippen LogP contribution in [0.25, 0.3) is 21.9 Å². The fourth-order valence-electron chi connectivity index (χ4n) is 2.43. The zero-order valence-electron chi connectivity index (χ0n) is 10.7. The van der Waals surface area contributed by atoms with Crippen LogP contribution in [0, 0.1) is 0 Å². The maximum absolute atomic E-state index is 10.2. The molecule has 0 aromatic heterocycles. The molecule has 3 rings (SSSR count). The van der Waals surface area contributed by atoms with Gasteiger partial charge >= 0.3 is 7.12 Å². The zero-order valence-corrected chi connectivity index (χ0v) is 10.7. The third-order valence-electron chi connectivity index (χ3n) is 3.41. The van der Waals surface area contributed by atoms with Gasteiger partial charge in [-0.15, -0.1) is 0 Å². The van der Waals surface area contributed by atoms with Gasteiger partial charge in [-0.2, -0.15) is 0 Å². The summed E-state index contributed by atoms with van der Waals surface area (Å²) >= 11 is 0. The minimum atomic E-state index is -1.71. The Kier molecular flexibility index (Phi) is 3.18. The zero-order chi connectivity index (χ0) is 14.1. The van der Waals surface area contributed by atoms with Crippen molar-refractivity contribution in [1.29, 1.82) is 0 Å². The van der Waals surface area contributed by atoms with E-state index < -0.39 is 7.12 Å². The summed E-state index contributed by atoms with van der Waals surface area (Å²) in [6.07, 6.45) is 0. The third-order valence-corrected chi connectivity index (χ3v) is 3.41. The summed E-state index contributed by atoms with van der Waals surface area (Å²) in [7, 11) is -1.71. The molecule has 0 saturated heterocycles. The fourth-order valence-corrected chi connectivity index (χ4v) is 2.43. The summed E-state index contributed by atoms with van der Waals surface area (Å²) in [5.74, 6) is -0.0877. The molecular weight excluding hydrogens is 251 g/mol. The second kappa shape index (κ2) is 5.00. The van der Waals surface area contributed by atoms with Gasteiger partial charge in [0, 0.05) is 10.8 Å². The highest BCUT2D eigenvalue weighted by Crippen LogP contribution is 2.32. The lowest BCUT2D eigenvalue weighted by Gasteiger charge is -2.13. The van der Waals surface area contributed by atoms with Crippen LogP contribution in [-0.2, 0) is 0 Å². The molecule has 3 aromatic rings. The summed E-state index contributed by atoms with van der Waals surface area (Å²) < 4.78 is 0. The normalized spacial score (nSPS) is 10.7. The van der Waals surface area contributed by atoms with E-state index in [9.17, 15) is 15.2 Å². The van der Waals surface area contributed by atoms with Crippen molar-refractivity contribution in [2.75, 3.05) is 0 Å². The first-order chi connectivity index (χ1) is 9.68. The van der Waals surface area contributed by atoms with E-state index in [1.54, 1.807) is 12.1 Å². The van der Waals surface area contributed by atoms with Gasteiger partial charge in [-0.3, -0.25) is 0 Å². The molecule has 0 radical (unpaired) electrons. The largest absolute Gasteiger partial charge is 0.508 e. The second-order valence-corrected chi connectivity index (χ2v) is 4.65. The van der Waals surface area contributed by atoms with Crippen LogP contribution >= 0.6 is 0 Å². The van der Waals surface area contributed by atoms with E-state index in [4.69, 9.17) is 0 Å². The highest BCUT2D eigenvalue weighted by molar-refractivity contribution is 6.60. The Bertz CT molecular complexity index is 754. The van der Waals surface area contributed by atoms with Gasteiger partial charge in [0.15, 0.2) is 0 Å². The van der Waals surface area contributed by atoms with E-state index in [1.807, 2.05) is 48.5 Å². The average Bonchev–Trinajstić information content (AvgIpc) is 2.48. The smallest absolute Gasteiger partial charge is 0.492 e. The van der Waals surface area contributed by atoms with Crippen LogP contribution in [0.2, 0.25) is 0 Å². The molecule has 20 heavy (non-hydrogen) atoms. The van der Waals surface area contributed by atoms with Crippen molar-refractivity contribution in [3.8, 4) is 16.9 Å². The minimum absolute atomic E-state index is 0.0877. The number of aromatic hydroxyl groups is 1. The van der Waals surface area contributed by atoms with Gasteiger partial charge in [0.1, 0.15) is 5.75 Å². The van der Waals surface area contributed by atoms with Crippen molar-refractivity contribution < 1.29 is 15.2 Å². The highest BCUT2D eigenvalue weighted by Gasteiger charge is 2.20. The Morgan fingerprint density at radius 3 is 2.00 bits per heavy atom. The molecule has 0 amide bonds. The average molecular weight is 264 g/mol. The molecule has 0 bridgehead atoms. The lowest BCUT2D eigenvalue weighted by Crippen LogP contribution is -2.30. The van der Waals surface area contributed by atoms with E-state index in [0.717, 1.165) is 16.5 Å². The van der Waals surface area contributed by atoms with Gasteiger partial charge in [0.05, 0.1) is 0 Å². The molecular formula is C16H13BO3. The molecule has 0 atom stereocenters. The van der Waals surface area contributed by atoms with Crippen molar-refractivity contribution in [2.24, 2.45) is 0 Å². The van der Waals surface area contributed by atoms with Crippen LogP contribution in [0.4, 0.5) is 0 Å². The fraction of sp³-hybridized carbons (Fsp3) is 0. The predicted octanol–water partition coefficient (Wildman–Crippen LogP) is 1.89. The molecule has 98 valence electrons. The van der Waals surface area contributed by atoms with Gasteiger partial charge in [0.2, 0.25) is 0 Å². The maximum Gasteiger partial charge on any atom is 0.492 e. The molecule has 3 aromatic carbocycles. The lowest BCUT2D eigenvalue weighted by atomic mass is 9.76. The standard InChI is InChI=1S/C16H13BO3/c18-16-13-9-5-4-8-12(13)14(10-15(16)17(19)20)11-6-2-1-3-7-11/h1-10,18-20H. The van der Waals surface area contributed by atoms with Gasteiger partial charge in [-0.05, 0) is 16.5 Å². The van der Waals surface area contributed by atoms with Gasteiger partial charge in [-0.25, -0.2) is 0 Å². The van der Waals surface area contributed by atoms with Crippen LogP contribution in [0.3, 0.4) is 0 Å². The molecule has 0 aliphatic rings. The third kappa shape index (κ3) is 2.05. The quantitative estimate of drug-likeness (QED) is 0.619. The predicted molar refractivity (Wildman–Crippen MR) is 80.9 cm³/mol. The Hall–Kier alpha value is -2.30. The number of fused-ring (bicyclic) bond motifs is 1. The van der Waals surface area contributed by atoms with Gasteiger partial charge in [0.25, 0.3) is 0 Å². The van der Waals surface area contributed by atoms with Crippen LogP contribution in [0.15, 0.2) is 60.7 Å². The Morgan fingerprint density at radius 2 is 1.35 bits per heavy atom. The summed E-state index contributed by atoms with van der Waals surface area (Å²) in [6.45, 7) is 0. The monoisotopic (exact) mass is 264 g/mol. The first kappa shape index (κ1) is 12.7. The molecule has 4 heteroatoms. The first-order valence-electron chi connectivity index (χ1n) is 6.34. The topological polar surface area (TPSA) is 60.7 Å². The van der Waals surface area contributed by atoms with Crippen LogP contribution in [0.5, 0.6) is 5.75 Å². The van der Waals surface area contributed by atoms with Crippen LogP contribution in [-0.4, -0.2) is 22.3 Å². The van der Waals surface area contributed by atoms with E-state index in [1.165, 1.54) is 0 Å². The Morgan fingerprint density at radius 1 is 0.750 bits per heavy atom. The van der Waals surface area contributed by atoms with E-state index >= 15 is 0 Å². The molecule has 0 aliphatic carbocycles. The summed E-state index contributed by atoms with van der Waals surface area (Å²) in [4.78, 5) is 0. The lowest BCUT2D eigenvalue weighted by molar-refractivity contribution is 0.420. The number of phenolic OH excluding ortho intramolecular Hbond substituents is 1. The molecule has 0 saturated carbocycles. The van der Waals surface area contributed by atoms with Crippen molar-refractivity contribution in [1.82, 2.24) is 0 Å². The van der Waals surface area contributed by atoms with Gasteiger partial charge in [-0.1, -0.05) is 60.7 Å². The summed E-state index contributed by atoms with van der Waals surface area (Å²) in [5.41, 5.74) is 1.94. The molecule has 0 fully saturated rings. The van der Waals surface area contributed by atoms with Crippen LogP contribution in [0.1, 0.15) is 0 Å². The van der Waals surface area contributed by atoms with E-state index in [0.29, 0.717) is 5.39 Å². The summed E-state index contributed by atoms with van der Waals surface area (Å²) in [5, 5.41) is 30.5. The van der Waals surface area contributed by atoms with E-state index in [-0.39, 0.29) is 11.2 Å².